The summed E-state index contributed by atoms with van der Waals surface area (Å²) in [6.07, 6.45) is 3.59. The van der Waals surface area contributed by atoms with Crippen molar-refractivity contribution in [1.29, 1.82) is 0 Å². The van der Waals surface area contributed by atoms with E-state index in [0.29, 0.717) is 11.2 Å². The number of aromatic nitrogens is 2. The van der Waals surface area contributed by atoms with Gasteiger partial charge in [0.05, 0.1) is 0 Å². The van der Waals surface area contributed by atoms with Gasteiger partial charge in [-0.05, 0) is 20.3 Å². The average Bonchev–Trinajstić information content (AvgIpc) is 2.31. The molecule has 0 aromatic carbocycles. The van der Waals surface area contributed by atoms with Crippen LogP contribution in [0.1, 0.15) is 64.3 Å². The molecule has 1 unspecified atom stereocenters. The fraction of sp³-hybridized carbons (Fsp3) is 0.714. The molecular weight excluding hydrogens is 246 g/mol. The largest absolute Gasteiger partial charge is 0.367 e. The third kappa shape index (κ3) is 4.13. The Balaban J connectivity index is 2.86. The lowest BCUT2D eigenvalue weighted by Crippen LogP contribution is -2.18. The van der Waals surface area contributed by atoms with Crippen LogP contribution in [-0.2, 0) is 0 Å². The van der Waals surface area contributed by atoms with Gasteiger partial charge in [-0.15, -0.1) is 0 Å². The molecule has 1 aromatic rings. The van der Waals surface area contributed by atoms with Crippen molar-refractivity contribution >= 4 is 17.4 Å². The van der Waals surface area contributed by atoms with Crippen LogP contribution in [0.2, 0.25) is 5.15 Å². The van der Waals surface area contributed by atoms with Gasteiger partial charge in [0.1, 0.15) is 16.8 Å². The number of nitrogens with one attached hydrogen (secondary N) is 1. The molecular formula is C14H24ClN3. The van der Waals surface area contributed by atoms with Crippen LogP contribution < -0.4 is 5.32 Å². The molecule has 0 fully saturated rings. The molecule has 0 aliphatic heterocycles. The quantitative estimate of drug-likeness (QED) is 0.770. The minimum atomic E-state index is 0.287. The van der Waals surface area contributed by atoms with Gasteiger partial charge < -0.3 is 5.32 Å². The SMILES string of the molecule is CCCCC(C)Nc1nc(C(C)C)nc(Cl)c1C. The Labute approximate surface area is 115 Å². The molecule has 0 saturated carbocycles. The van der Waals surface area contributed by atoms with Gasteiger partial charge in [0.25, 0.3) is 0 Å². The molecule has 0 spiro atoms. The van der Waals surface area contributed by atoms with Crippen molar-refractivity contribution in [3.63, 3.8) is 0 Å². The van der Waals surface area contributed by atoms with Gasteiger partial charge in [-0.2, -0.15) is 0 Å². The standard InChI is InChI=1S/C14H24ClN3/c1-6-7-8-10(4)16-14-11(5)12(15)17-13(18-14)9(2)3/h9-10H,6-8H2,1-5H3,(H,16,17,18). The van der Waals surface area contributed by atoms with Crippen LogP contribution in [-0.4, -0.2) is 16.0 Å². The second kappa shape index (κ2) is 6.93. The molecule has 102 valence electrons. The second-order valence-electron chi connectivity index (χ2n) is 5.19. The highest BCUT2D eigenvalue weighted by atomic mass is 35.5. The van der Waals surface area contributed by atoms with Crippen LogP contribution in [0.3, 0.4) is 0 Å². The number of unbranched alkanes of at least 4 members (excludes halogenated alkanes) is 1. The van der Waals surface area contributed by atoms with Gasteiger partial charge in [0.15, 0.2) is 0 Å². The van der Waals surface area contributed by atoms with Crippen molar-refractivity contribution in [3.05, 3.63) is 16.5 Å². The Morgan fingerprint density at radius 2 is 1.89 bits per heavy atom. The maximum absolute atomic E-state index is 6.16. The average molecular weight is 270 g/mol. The second-order valence-corrected chi connectivity index (χ2v) is 5.55. The van der Waals surface area contributed by atoms with Crippen molar-refractivity contribution in [3.8, 4) is 0 Å². The predicted molar refractivity (Wildman–Crippen MR) is 78.5 cm³/mol. The topological polar surface area (TPSA) is 37.8 Å². The predicted octanol–water partition coefficient (Wildman–Crippen LogP) is 4.55. The molecule has 3 nitrogen and oxygen atoms in total. The van der Waals surface area contributed by atoms with Crippen molar-refractivity contribution < 1.29 is 0 Å². The molecule has 1 aromatic heterocycles. The van der Waals surface area contributed by atoms with Crippen molar-refractivity contribution in [1.82, 2.24) is 9.97 Å². The van der Waals surface area contributed by atoms with Crippen LogP contribution in [0.25, 0.3) is 0 Å². The van der Waals surface area contributed by atoms with E-state index in [-0.39, 0.29) is 5.92 Å². The summed E-state index contributed by atoms with van der Waals surface area (Å²) in [6.45, 7) is 10.5. The van der Waals surface area contributed by atoms with Gasteiger partial charge in [0, 0.05) is 17.5 Å². The summed E-state index contributed by atoms with van der Waals surface area (Å²) in [4.78, 5) is 8.89. The number of nitrogens with zero attached hydrogens (tertiary/aromatic N) is 2. The molecule has 4 heteroatoms. The Morgan fingerprint density at radius 3 is 2.44 bits per heavy atom. The summed E-state index contributed by atoms with van der Waals surface area (Å²) in [5.41, 5.74) is 0.935. The third-order valence-electron chi connectivity index (χ3n) is 2.99. The van der Waals surface area contributed by atoms with Gasteiger partial charge in [-0.1, -0.05) is 45.2 Å². The van der Waals surface area contributed by atoms with Crippen molar-refractivity contribution in [2.45, 2.75) is 65.8 Å². The van der Waals surface area contributed by atoms with Crippen LogP contribution in [0.15, 0.2) is 0 Å². The van der Waals surface area contributed by atoms with Gasteiger partial charge in [-0.25, -0.2) is 9.97 Å². The first-order valence-corrected chi connectivity index (χ1v) is 7.14. The summed E-state index contributed by atoms with van der Waals surface area (Å²) < 4.78 is 0. The van der Waals surface area contributed by atoms with Crippen LogP contribution in [0.4, 0.5) is 5.82 Å². The van der Waals surface area contributed by atoms with Crippen molar-refractivity contribution in [2.24, 2.45) is 0 Å². The number of hydrogen-bond donors (Lipinski definition) is 1. The summed E-state index contributed by atoms with van der Waals surface area (Å²) >= 11 is 6.16. The molecule has 0 aliphatic rings. The highest BCUT2D eigenvalue weighted by Gasteiger charge is 2.13. The normalized spacial score (nSPS) is 12.8. The lowest BCUT2D eigenvalue weighted by atomic mass is 10.1. The number of rotatable bonds is 6. The summed E-state index contributed by atoms with van der Waals surface area (Å²) in [5.74, 6) is 1.97. The molecule has 0 aliphatic carbocycles. The Morgan fingerprint density at radius 1 is 1.22 bits per heavy atom. The molecule has 18 heavy (non-hydrogen) atoms. The first-order valence-electron chi connectivity index (χ1n) is 6.76. The van der Waals surface area contributed by atoms with E-state index in [1.807, 2.05) is 6.92 Å². The van der Waals surface area contributed by atoms with E-state index >= 15 is 0 Å². The zero-order chi connectivity index (χ0) is 13.7. The Hall–Kier alpha value is -0.830. The molecule has 0 saturated heterocycles. The van der Waals surface area contributed by atoms with E-state index in [1.54, 1.807) is 0 Å². The molecule has 1 rings (SSSR count). The zero-order valence-corrected chi connectivity index (χ0v) is 12.8. The number of hydrogen-bond acceptors (Lipinski definition) is 3. The van der Waals surface area contributed by atoms with E-state index in [9.17, 15) is 0 Å². The van der Waals surface area contributed by atoms with Gasteiger partial charge in [0.2, 0.25) is 0 Å². The first-order chi connectivity index (χ1) is 8.45. The van der Waals surface area contributed by atoms with E-state index in [4.69, 9.17) is 11.6 Å². The number of anilines is 1. The monoisotopic (exact) mass is 269 g/mol. The van der Waals surface area contributed by atoms with E-state index in [1.165, 1.54) is 12.8 Å². The first kappa shape index (κ1) is 15.2. The third-order valence-corrected chi connectivity index (χ3v) is 3.36. The van der Waals surface area contributed by atoms with E-state index in [0.717, 1.165) is 23.6 Å². The molecule has 1 heterocycles. The summed E-state index contributed by atoms with van der Waals surface area (Å²) in [5, 5.41) is 4.00. The molecule has 0 radical (unpaired) electrons. The van der Waals surface area contributed by atoms with Crippen LogP contribution >= 0.6 is 11.6 Å². The van der Waals surface area contributed by atoms with E-state index in [2.05, 4.69) is 43.0 Å². The summed E-state index contributed by atoms with van der Waals surface area (Å²) in [6, 6.07) is 0.412. The van der Waals surface area contributed by atoms with E-state index < -0.39 is 0 Å². The maximum atomic E-state index is 6.16. The smallest absolute Gasteiger partial charge is 0.137 e. The summed E-state index contributed by atoms with van der Waals surface area (Å²) in [7, 11) is 0. The zero-order valence-electron chi connectivity index (χ0n) is 12.0. The lowest BCUT2D eigenvalue weighted by molar-refractivity contribution is 0.640. The minimum Gasteiger partial charge on any atom is -0.367 e. The highest BCUT2D eigenvalue weighted by Crippen LogP contribution is 2.23. The molecule has 1 N–H and O–H groups in total. The Kier molecular flexibility index (Phi) is 5.86. The fourth-order valence-corrected chi connectivity index (χ4v) is 1.90. The molecule has 0 amide bonds. The fourth-order valence-electron chi connectivity index (χ4n) is 1.72. The van der Waals surface area contributed by atoms with Crippen LogP contribution in [0, 0.1) is 6.92 Å². The Bertz CT molecular complexity index is 391. The minimum absolute atomic E-state index is 0.287. The molecule has 1 atom stereocenters. The van der Waals surface area contributed by atoms with Gasteiger partial charge in [-0.3, -0.25) is 0 Å². The van der Waals surface area contributed by atoms with Crippen LogP contribution in [0.5, 0.6) is 0 Å². The maximum Gasteiger partial charge on any atom is 0.137 e. The highest BCUT2D eigenvalue weighted by molar-refractivity contribution is 6.30. The van der Waals surface area contributed by atoms with Gasteiger partial charge >= 0.3 is 0 Å². The van der Waals surface area contributed by atoms with Crippen molar-refractivity contribution in [2.75, 3.05) is 5.32 Å². The lowest BCUT2D eigenvalue weighted by Gasteiger charge is -2.17. The number of halogens is 1. The molecule has 0 bridgehead atoms.